The van der Waals surface area contributed by atoms with Crippen molar-refractivity contribution in [1.82, 2.24) is 0 Å². The van der Waals surface area contributed by atoms with Crippen molar-refractivity contribution < 1.29 is 36.6 Å². The Kier molecular flexibility index (Phi) is 7.25. The molecule has 2 rings (SSSR count). The highest BCUT2D eigenvalue weighted by Gasteiger charge is 2.13. The largest absolute Gasteiger partial charge is 0.495 e. The number of rotatable bonds is 8. The summed E-state index contributed by atoms with van der Waals surface area (Å²) in [5.41, 5.74) is 1.40. The summed E-state index contributed by atoms with van der Waals surface area (Å²) in [7, 11) is 1.45. The van der Waals surface area contributed by atoms with Gasteiger partial charge < -0.3 is 19.5 Å². The molecular formula is C19H17F4NO4. The second-order valence-electron chi connectivity index (χ2n) is 5.48. The molecule has 0 fully saturated rings. The van der Waals surface area contributed by atoms with Crippen molar-refractivity contribution in [3.8, 4) is 17.2 Å². The van der Waals surface area contributed by atoms with Crippen LogP contribution in [0.25, 0.3) is 6.08 Å². The number of benzene rings is 2. The van der Waals surface area contributed by atoms with Crippen LogP contribution in [0.1, 0.15) is 11.1 Å². The number of hydrogen-bond acceptors (Lipinski definition) is 4. The monoisotopic (exact) mass is 399 g/mol. The van der Waals surface area contributed by atoms with Gasteiger partial charge in [-0.2, -0.15) is 17.6 Å². The predicted octanol–water partition coefficient (Wildman–Crippen LogP) is 4.86. The van der Waals surface area contributed by atoms with Crippen molar-refractivity contribution >= 4 is 17.7 Å². The highest BCUT2D eigenvalue weighted by atomic mass is 19.3. The molecular weight excluding hydrogens is 382 g/mol. The van der Waals surface area contributed by atoms with Gasteiger partial charge in [-0.1, -0.05) is 6.07 Å². The molecule has 0 heterocycles. The van der Waals surface area contributed by atoms with E-state index in [2.05, 4.69) is 14.8 Å². The Morgan fingerprint density at radius 2 is 1.71 bits per heavy atom. The van der Waals surface area contributed by atoms with Crippen molar-refractivity contribution in [2.24, 2.45) is 0 Å². The number of amides is 1. The molecule has 0 spiro atoms. The van der Waals surface area contributed by atoms with Crippen LogP contribution in [0.2, 0.25) is 0 Å². The van der Waals surface area contributed by atoms with E-state index in [-0.39, 0.29) is 11.3 Å². The van der Waals surface area contributed by atoms with Crippen molar-refractivity contribution in [2.75, 3.05) is 12.4 Å². The normalized spacial score (nSPS) is 11.1. The topological polar surface area (TPSA) is 56.8 Å². The summed E-state index contributed by atoms with van der Waals surface area (Å²) in [6, 6.07) is 8.44. The zero-order chi connectivity index (χ0) is 20.7. The van der Waals surface area contributed by atoms with Crippen LogP contribution in [0.4, 0.5) is 23.2 Å². The highest BCUT2D eigenvalue weighted by molar-refractivity contribution is 6.03. The first-order valence-corrected chi connectivity index (χ1v) is 7.96. The molecule has 0 aromatic heterocycles. The van der Waals surface area contributed by atoms with Crippen LogP contribution in [-0.2, 0) is 4.79 Å². The summed E-state index contributed by atoms with van der Waals surface area (Å²) in [6.07, 6.45) is 2.30. The molecule has 28 heavy (non-hydrogen) atoms. The standard InChI is InChI=1S/C19H17F4NO4/c1-11-3-7-15(26-2)14(9-11)24-17(25)8-5-12-4-6-13(27-18(20)21)10-16(12)28-19(22)23/h3-10,18-19H,1-2H3,(H,24,25)/b8-5+. The maximum Gasteiger partial charge on any atom is 0.387 e. The van der Waals surface area contributed by atoms with Gasteiger partial charge in [0.25, 0.3) is 0 Å². The number of halogens is 4. The molecule has 2 aromatic rings. The van der Waals surface area contributed by atoms with Crippen LogP contribution in [0, 0.1) is 6.92 Å². The number of aryl methyl sites for hydroxylation is 1. The van der Waals surface area contributed by atoms with Gasteiger partial charge in [0, 0.05) is 17.7 Å². The number of carbonyl (C=O) groups excluding carboxylic acids is 1. The average Bonchev–Trinajstić information content (AvgIpc) is 2.60. The molecule has 0 aliphatic carbocycles. The fraction of sp³-hybridized carbons (Fsp3) is 0.211. The quantitative estimate of drug-likeness (QED) is 0.509. The lowest BCUT2D eigenvalue weighted by Gasteiger charge is -2.11. The van der Waals surface area contributed by atoms with E-state index in [1.165, 1.54) is 19.3 Å². The number of ether oxygens (including phenoxy) is 3. The number of carbonyl (C=O) groups is 1. The first-order valence-electron chi connectivity index (χ1n) is 7.96. The van der Waals surface area contributed by atoms with E-state index in [0.717, 1.165) is 23.8 Å². The summed E-state index contributed by atoms with van der Waals surface area (Å²) < 4.78 is 63.3. The van der Waals surface area contributed by atoms with Crippen LogP contribution in [-0.4, -0.2) is 26.2 Å². The summed E-state index contributed by atoms with van der Waals surface area (Å²) in [5, 5.41) is 2.61. The summed E-state index contributed by atoms with van der Waals surface area (Å²) in [5.74, 6) is -0.871. The van der Waals surface area contributed by atoms with Crippen LogP contribution < -0.4 is 19.5 Å². The third kappa shape index (κ3) is 6.19. The van der Waals surface area contributed by atoms with Gasteiger partial charge in [0.2, 0.25) is 5.91 Å². The fourth-order valence-corrected chi connectivity index (χ4v) is 2.29. The summed E-state index contributed by atoms with van der Waals surface area (Å²) in [6.45, 7) is -4.46. The van der Waals surface area contributed by atoms with E-state index in [0.29, 0.717) is 11.4 Å². The average molecular weight is 399 g/mol. The van der Waals surface area contributed by atoms with Crippen LogP contribution in [0.15, 0.2) is 42.5 Å². The van der Waals surface area contributed by atoms with E-state index in [1.807, 2.05) is 6.92 Å². The number of hydrogen-bond donors (Lipinski definition) is 1. The Morgan fingerprint density at radius 1 is 1.00 bits per heavy atom. The molecule has 0 unspecified atom stereocenters. The van der Waals surface area contributed by atoms with Crippen molar-refractivity contribution in [3.05, 3.63) is 53.6 Å². The molecule has 5 nitrogen and oxygen atoms in total. The van der Waals surface area contributed by atoms with Gasteiger partial charge in [-0.3, -0.25) is 4.79 Å². The molecule has 0 aliphatic rings. The molecule has 1 N–H and O–H groups in total. The zero-order valence-corrected chi connectivity index (χ0v) is 14.9. The fourth-order valence-electron chi connectivity index (χ4n) is 2.29. The molecule has 0 saturated carbocycles. The highest BCUT2D eigenvalue weighted by Crippen LogP contribution is 2.29. The maximum absolute atomic E-state index is 12.6. The van der Waals surface area contributed by atoms with E-state index < -0.39 is 24.9 Å². The summed E-state index contributed by atoms with van der Waals surface area (Å²) >= 11 is 0. The van der Waals surface area contributed by atoms with E-state index >= 15 is 0 Å². The second-order valence-corrected chi connectivity index (χ2v) is 5.48. The van der Waals surface area contributed by atoms with Crippen molar-refractivity contribution in [3.63, 3.8) is 0 Å². The minimum absolute atomic E-state index is 0.0771. The van der Waals surface area contributed by atoms with Crippen molar-refractivity contribution in [2.45, 2.75) is 20.1 Å². The first kappa shape index (κ1) is 21.1. The molecule has 0 aliphatic heterocycles. The number of anilines is 1. The molecule has 9 heteroatoms. The smallest absolute Gasteiger partial charge is 0.387 e. The Morgan fingerprint density at radius 3 is 2.36 bits per heavy atom. The van der Waals surface area contributed by atoms with Crippen LogP contribution >= 0.6 is 0 Å². The van der Waals surface area contributed by atoms with Gasteiger partial charge >= 0.3 is 13.2 Å². The Hall–Kier alpha value is -3.23. The minimum atomic E-state index is -3.18. The van der Waals surface area contributed by atoms with Gasteiger partial charge in [-0.25, -0.2) is 0 Å². The lowest BCUT2D eigenvalue weighted by molar-refractivity contribution is -0.111. The number of methoxy groups -OCH3 is 1. The first-order chi connectivity index (χ1) is 13.3. The Balaban J connectivity index is 2.20. The van der Waals surface area contributed by atoms with Crippen LogP contribution in [0.5, 0.6) is 17.2 Å². The van der Waals surface area contributed by atoms with Gasteiger partial charge in [0.1, 0.15) is 17.2 Å². The minimum Gasteiger partial charge on any atom is -0.495 e. The number of alkyl halides is 4. The molecule has 1 amide bonds. The van der Waals surface area contributed by atoms with Gasteiger partial charge in [-0.05, 0) is 42.8 Å². The van der Waals surface area contributed by atoms with Gasteiger partial charge in [-0.15, -0.1) is 0 Å². The third-order valence-corrected chi connectivity index (χ3v) is 3.45. The third-order valence-electron chi connectivity index (χ3n) is 3.45. The molecule has 0 bridgehead atoms. The summed E-state index contributed by atoms with van der Waals surface area (Å²) in [4.78, 5) is 12.1. The zero-order valence-electron chi connectivity index (χ0n) is 14.9. The van der Waals surface area contributed by atoms with E-state index in [9.17, 15) is 22.4 Å². The molecule has 0 radical (unpaired) electrons. The maximum atomic E-state index is 12.6. The molecule has 0 atom stereocenters. The lowest BCUT2D eigenvalue weighted by atomic mass is 10.1. The van der Waals surface area contributed by atoms with Crippen molar-refractivity contribution in [1.29, 1.82) is 0 Å². The molecule has 0 saturated heterocycles. The predicted molar refractivity (Wildman–Crippen MR) is 95.1 cm³/mol. The number of nitrogens with one attached hydrogen (secondary N) is 1. The van der Waals surface area contributed by atoms with E-state index in [4.69, 9.17) is 4.74 Å². The van der Waals surface area contributed by atoms with Crippen LogP contribution in [0.3, 0.4) is 0 Å². The Labute approximate surface area is 158 Å². The second kappa shape index (κ2) is 9.63. The SMILES string of the molecule is COc1ccc(C)cc1NC(=O)/C=C/c1ccc(OC(F)F)cc1OC(F)F. The van der Waals surface area contributed by atoms with Gasteiger partial charge in [0.15, 0.2) is 0 Å². The Bertz CT molecular complexity index is 856. The van der Waals surface area contributed by atoms with E-state index in [1.54, 1.807) is 18.2 Å². The molecule has 150 valence electrons. The van der Waals surface area contributed by atoms with Gasteiger partial charge in [0.05, 0.1) is 12.8 Å². The lowest BCUT2D eigenvalue weighted by Crippen LogP contribution is -2.09. The molecule has 2 aromatic carbocycles.